The van der Waals surface area contributed by atoms with Crippen molar-refractivity contribution in [1.82, 2.24) is 5.16 Å². The van der Waals surface area contributed by atoms with Crippen LogP contribution in [0.25, 0.3) is 11.3 Å². The van der Waals surface area contributed by atoms with Gasteiger partial charge < -0.3 is 9.26 Å². The molecule has 6 heteroatoms. The predicted octanol–water partition coefficient (Wildman–Crippen LogP) is 3.75. The number of nitrogens with zero attached hydrogens (tertiary/aromatic N) is 1. The Morgan fingerprint density at radius 3 is 2.52 bits per heavy atom. The van der Waals surface area contributed by atoms with Gasteiger partial charge >= 0.3 is 6.09 Å². The molecule has 25 heavy (non-hydrogen) atoms. The van der Waals surface area contributed by atoms with Gasteiger partial charge in [-0.1, -0.05) is 65.2 Å². The van der Waals surface area contributed by atoms with Crippen LogP contribution in [-0.4, -0.2) is 19.1 Å². The molecule has 1 N–H and O–H groups in total. The number of rotatable bonds is 4. The molecule has 0 aliphatic rings. The Bertz CT molecular complexity index is 860. The first kappa shape index (κ1) is 16.8. The topological polar surface area (TPSA) is 64.4 Å². The van der Waals surface area contributed by atoms with E-state index < -0.39 is 6.09 Å². The van der Waals surface area contributed by atoms with Crippen LogP contribution in [0.1, 0.15) is 24.3 Å². The Morgan fingerprint density at radius 2 is 1.84 bits per heavy atom. The lowest BCUT2D eigenvalue weighted by Gasteiger charge is -2.14. The molecule has 0 aliphatic carbocycles. The van der Waals surface area contributed by atoms with Crippen molar-refractivity contribution in [1.29, 1.82) is 0 Å². The van der Waals surface area contributed by atoms with E-state index in [4.69, 9.17) is 17.1 Å². The highest BCUT2D eigenvalue weighted by Gasteiger charge is 2.19. The first-order valence-corrected chi connectivity index (χ1v) is 7.89. The van der Waals surface area contributed by atoms with Gasteiger partial charge in [-0.05, 0) is 19.4 Å². The highest BCUT2D eigenvalue weighted by molar-refractivity contribution is 6.32. The van der Waals surface area contributed by atoms with E-state index in [1.165, 1.54) is 0 Å². The Hall–Kier alpha value is -3.02. The lowest BCUT2D eigenvalue weighted by atomic mass is 9.95. The number of aryl methyl sites for hydroxylation is 1. The van der Waals surface area contributed by atoms with E-state index in [9.17, 15) is 4.79 Å². The minimum atomic E-state index is -0.570. The summed E-state index contributed by atoms with van der Waals surface area (Å²) in [5.41, 5.74) is 3.37. The molecule has 3 rings (SSSR count). The fraction of sp³-hybridized carbons (Fsp3) is 0.158. The Labute approximate surface area is 147 Å². The van der Waals surface area contributed by atoms with E-state index in [0.717, 1.165) is 11.1 Å². The maximum Gasteiger partial charge on any atom is 0.412 e. The number of hydrogen-bond donors (Lipinski definition) is 1. The Balaban J connectivity index is 1.75. The maximum absolute atomic E-state index is 12.3. The molecule has 1 atom stereocenters. The Morgan fingerprint density at radius 1 is 1.16 bits per heavy atom. The van der Waals surface area contributed by atoms with Crippen LogP contribution >= 0.6 is 0 Å². The van der Waals surface area contributed by atoms with E-state index in [0.29, 0.717) is 22.6 Å². The zero-order chi connectivity index (χ0) is 17.8. The number of nitrogens with one attached hydrogen (secondary N) is 1. The van der Waals surface area contributed by atoms with Crippen LogP contribution in [0.5, 0.6) is 0 Å². The molecule has 1 heterocycles. The highest BCUT2D eigenvalue weighted by atomic mass is 16.6. The summed E-state index contributed by atoms with van der Waals surface area (Å²) in [7, 11) is 5.70. The van der Waals surface area contributed by atoms with Crippen molar-refractivity contribution < 1.29 is 14.1 Å². The number of anilines is 1. The van der Waals surface area contributed by atoms with Gasteiger partial charge in [-0.3, -0.25) is 5.32 Å². The normalized spacial score (nSPS) is 11.8. The zero-order valence-corrected chi connectivity index (χ0v) is 14.0. The van der Waals surface area contributed by atoms with Crippen molar-refractivity contribution >= 4 is 25.1 Å². The number of amides is 1. The molecule has 0 saturated carbocycles. The maximum atomic E-state index is 12.3. The Kier molecular flexibility index (Phi) is 4.88. The summed E-state index contributed by atoms with van der Waals surface area (Å²) in [5, 5.41) is 6.65. The second-order valence-corrected chi connectivity index (χ2v) is 5.68. The van der Waals surface area contributed by atoms with Crippen molar-refractivity contribution in [3.05, 3.63) is 65.9 Å². The summed E-state index contributed by atoms with van der Waals surface area (Å²) in [6.07, 6.45) is -0.944. The number of benzene rings is 2. The number of carbonyl (C=O) groups is 1. The van der Waals surface area contributed by atoms with Crippen LogP contribution in [0.15, 0.2) is 59.1 Å². The monoisotopic (exact) mass is 332 g/mol. The molecule has 0 saturated heterocycles. The third kappa shape index (κ3) is 3.91. The van der Waals surface area contributed by atoms with Gasteiger partial charge in [0, 0.05) is 5.56 Å². The van der Waals surface area contributed by atoms with Gasteiger partial charge in [0.1, 0.15) is 25.3 Å². The first-order chi connectivity index (χ1) is 12.0. The van der Waals surface area contributed by atoms with E-state index in [1.807, 2.05) is 37.3 Å². The van der Waals surface area contributed by atoms with E-state index >= 15 is 0 Å². The summed E-state index contributed by atoms with van der Waals surface area (Å²) in [4.78, 5) is 12.3. The molecule has 1 aromatic heterocycles. The number of ether oxygens (including phenoxy) is 1. The molecule has 0 fully saturated rings. The molecule has 0 bridgehead atoms. The highest BCUT2D eigenvalue weighted by Crippen LogP contribution is 2.31. The average molecular weight is 332 g/mol. The van der Waals surface area contributed by atoms with Gasteiger partial charge in [-0.2, -0.15) is 0 Å². The lowest BCUT2D eigenvalue weighted by molar-refractivity contribution is 0.121. The van der Waals surface area contributed by atoms with Gasteiger partial charge in [0.15, 0.2) is 5.76 Å². The molecule has 2 radical (unpaired) electrons. The van der Waals surface area contributed by atoms with E-state index in [2.05, 4.69) is 10.5 Å². The van der Waals surface area contributed by atoms with Crippen LogP contribution in [0.4, 0.5) is 10.5 Å². The number of carbonyl (C=O) groups excluding carboxylic acids is 1. The molecule has 0 aliphatic heterocycles. The van der Waals surface area contributed by atoms with Crippen molar-refractivity contribution in [2.24, 2.45) is 0 Å². The summed E-state index contributed by atoms with van der Waals surface area (Å²) < 4.78 is 10.8. The van der Waals surface area contributed by atoms with Crippen molar-refractivity contribution in [3.63, 3.8) is 0 Å². The zero-order valence-electron chi connectivity index (χ0n) is 14.0. The van der Waals surface area contributed by atoms with E-state index in [-0.39, 0.29) is 6.10 Å². The minimum Gasteiger partial charge on any atom is -0.441 e. The largest absolute Gasteiger partial charge is 0.441 e. The molecule has 0 spiro atoms. The summed E-state index contributed by atoms with van der Waals surface area (Å²) in [6, 6.07) is 16.6. The molecule has 1 amide bonds. The summed E-state index contributed by atoms with van der Waals surface area (Å²) >= 11 is 0. The van der Waals surface area contributed by atoms with Crippen LogP contribution in [0, 0.1) is 6.92 Å². The second kappa shape index (κ2) is 7.26. The lowest BCUT2D eigenvalue weighted by Crippen LogP contribution is -2.16. The van der Waals surface area contributed by atoms with E-state index in [1.54, 1.807) is 31.2 Å². The van der Waals surface area contributed by atoms with Gasteiger partial charge in [0.2, 0.25) is 0 Å². The van der Waals surface area contributed by atoms with Crippen LogP contribution in [0.2, 0.25) is 0 Å². The molecule has 2 aromatic carbocycles. The quantitative estimate of drug-likeness (QED) is 0.739. The first-order valence-electron chi connectivity index (χ1n) is 7.89. The standard InChI is InChI=1S/C19H17BN2O3/c1-12-17(18(25-22-12)15-8-10-16(20)11-9-15)21-19(23)24-13(2)14-6-4-3-5-7-14/h3-11,13H,1-2H3,(H,21,23). The molecule has 5 nitrogen and oxygen atoms in total. The number of hydrogen-bond acceptors (Lipinski definition) is 4. The third-order valence-electron chi connectivity index (χ3n) is 3.82. The fourth-order valence-corrected chi connectivity index (χ4v) is 2.43. The van der Waals surface area contributed by atoms with Gasteiger partial charge in [0.25, 0.3) is 0 Å². The average Bonchev–Trinajstić information content (AvgIpc) is 2.97. The van der Waals surface area contributed by atoms with Crippen LogP contribution in [-0.2, 0) is 4.74 Å². The molecule has 124 valence electrons. The second-order valence-electron chi connectivity index (χ2n) is 5.68. The SMILES string of the molecule is [B]c1ccc(-c2onc(C)c2NC(=O)OC(C)c2ccccc2)cc1. The molecule has 3 aromatic rings. The summed E-state index contributed by atoms with van der Waals surface area (Å²) in [6.45, 7) is 3.57. The van der Waals surface area contributed by atoms with Crippen molar-refractivity contribution in [2.75, 3.05) is 5.32 Å². The van der Waals surface area contributed by atoms with Crippen molar-refractivity contribution in [2.45, 2.75) is 20.0 Å². The molecule has 1 unspecified atom stereocenters. The number of aromatic nitrogens is 1. The van der Waals surface area contributed by atoms with Gasteiger partial charge in [-0.15, -0.1) is 0 Å². The third-order valence-corrected chi connectivity index (χ3v) is 3.82. The predicted molar refractivity (Wildman–Crippen MR) is 97.0 cm³/mol. The molecular formula is C19H17BN2O3. The van der Waals surface area contributed by atoms with Gasteiger partial charge in [0.05, 0.1) is 0 Å². The van der Waals surface area contributed by atoms with Crippen LogP contribution in [0.3, 0.4) is 0 Å². The van der Waals surface area contributed by atoms with Crippen molar-refractivity contribution in [3.8, 4) is 11.3 Å². The fourth-order valence-electron chi connectivity index (χ4n) is 2.43. The van der Waals surface area contributed by atoms with Gasteiger partial charge in [-0.25, -0.2) is 4.79 Å². The van der Waals surface area contributed by atoms with Crippen LogP contribution < -0.4 is 10.8 Å². The molecular weight excluding hydrogens is 315 g/mol. The smallest absolute Gasteiger partial charge is 0.412 e. The summed E-state index contributed by atoms with van der Waals surface area (Å²) in [5.74, 6) is 0.460. The minimum absolute atomic E-state index is 0.374.